The Labute approximate surface area is 160 Å². The smallest absolute Gasteiger partial charge is 0.410 e. The quantitative estimate of drug-likeness (QED) is 0.714. The van der Waals surface area contributed by atoms with Crippen molar-refractivity contribution in [3.63, 3.8) is 0 Å². The number of nitriles is 1. The molecule has 134 valence electrons. The lowest BCUT2D eigenvalue weighted by atomic mass is 10.2. The molecule has 1 aromatic heterocycles. The van der Waals surface area contributed by atoms with Gasteiger partial charge in [-0.25, -0.2) is 9.78 Å². The number of aryl methyl sites for hydroxylation is 1. The highest BCUT2D eigenvalue weighted by molar-refractivity contribution is 14.1. The van der Waals surface area contributed by atoms with Gasteiger partial charge in [-0.2, -0.15) is 5.26 Å². The fourth-order valence-corrected chi connectivity index (χ4v) is 3.33. The number of benzene rings is 1. The van der Waals surface area contributed by atoms with Gasteiger partial charge in [-0.3, -0.25) is 0 Å². The van der Waals surface area contributed by atoms with Crippen molar-refractivity contribution in [3.05, 3.63) is 21.3 Å². The summed E-state index contributed by atoms with van der Waals surface area (Å²) in [5, 5.41) is 9.06. The van der Waals surface area contributed by atoms with Crippen LogP contribution in [-0.4, -0.2) is 39.7 Å². The summed E-state index contributed by atoms with van der Waals surface area (Å²) >= 11 is 2.18. The van der Waals surface area contributed by atoms with Crippen LogP contribution in [0.2, 0.25) is 0 Å². The maximum atomic E-state index is 12.0. The Morgan fingerprint density at radius 2 is 2.16 bits per heavy atom. The highest BCUT2D eigenvalue weighted by Gasteiger charge is 2.19. The Morgan fingerprint density at radius 3 is 2.76 bits per heavy atom. The van der Waals surface area contributed by atoms with Crippen LogP contribution in [0, 0.1) is 14.9 Å². The zero-order chi connectivity index (χ0) is 18.8. The summed E-state index contributed by atoms with van der Waals surface area (Å²) in [5.74, 6) is 0.405. The van der Waals surface area contributed by atoms with Crippen molar-refractivity contribution in [3.8, 4) is 6.07 Å². The highest BCUT2D eigenvalue weighted by Crippen LogP contribution is 2.25. The molecular formula is C17H22IN5O2. The molecule has 8 heteroatoms. The first-order valence-corrected chi connectivity index (χ1v) is 8.99. The van der Waals surface area contributed by atoms with Crippen molar-refractivity contribution in [2.45, 2.75) is 39.3 Å². The molecule has 0 saturated heterocycles. The van der Waals surface area contributed by atoms with E-state index < -0.39 is 5.60 Å². The van der Waals surface area contributed by atoms with Crippen LogP contribution in [0.4, 0.5) is 10.7 Å². The summed E-state index contributed by atoms with van der Waals surface area (Å²) in [5.41, 5.74) is 7.71. The molecule has 1 aromatic carbocycles. The fraction of sp³-hybridized carbons (Fsp3) is 0.471. The van der Waals surface area contributed by atoms with Crippen LogP contribution in [0.3, 0.4) is 0 Å². The van der Waals surface area contributed by atoms with E-state index in [-0.39, 0.29) is 6.09 Å². The standard InChI is InChI=1S/C17H22IN5O2/c1-17(2,3)25-16(24)22(4)6-5-7-23-14-12(18)8-11(10-19)9-13(14)21-15(23)20/h8-9H,5-7H2,1-4H3,(H2,20,21). The molecule has 0 aliphatic rings. The average Bonchev–Trinajstić information content (AvgIpc) is 2.81. The van der Waals surface area contributed by atoms with Gasteiger partial charge < -0.3 is 19.9 Å². The van der Waals surface area contributed by atoms with Crippen LogP contribution in [0.5, 0.6) is 0 Å². The van der Waals surface area contributed by atoms with Crippen LogP contribution in [0.1, 0.15) is 32.8 Å². The number of hydrogen-bond acceptors (Lipinski definition) is 5. The molecule has 1 heterocycles. The van der Waals surface area contributed by atoms with Crippen molar-refractivity contribution in [1.82, 2.24) is 14.5 Å². The van der Waals surface area contributed by atoms with Crippen molar-refractivity contribution >= 4 is 45.7 Å². The predicted molar refractivity (Wildman–Crippen MR) is 105 cm³/mol. The number of hydrogen-bond donors (Lipinski definition) is 1. The minimum absolute atomic E-state index is 0.343. The van der Waals surface area contributed by atoms with Crippen molar-refractivity contribution < 1.29 is 9.53 Å². The number of fused-ring (bicyclic) bond motifs is 1. The number of nitrogens with two attached hydrogens (primary N) is 1. The molecule has 0 spiro atoms. The molecule has 0 radical (unpaired) electrons. The summed E-state index contributed by atoms with van der Waals surface area (Å²) in [6, 6.07) is 5.67. The van der Waals surface area contributed by atoms with Gasteiger partial charge in [0.25, 0.3) is 0 Å². The number of carbonyl (C=O) groups excluding carboxylic acids is 1. The Morgan fingerprint density at radius 1 is 1.48 bits per heavy atom. The number of rotatable bonds is 4. The highest BCUT2D eigenvalue weighted by atomic mass is 127. The Hall–Kier alpha value is -2.02. The molecule has 0 aliphatic carbocycles. The number of halogens is 1. The van der Waals surface area contributed by atoms with Crippen LogP contribution < -0.4 is 5.73 Å². The van der Waals surface area contributed by atoms with Crippen molar-refractivity contribution in [2.75, 3.05) is 19.3 Å². The number of anilines is 1. The summed E-state index contributed by atoms with van der Waals surface area (Å²) in [6.07, 6.45) is 0.366. The monoisotopic (exact) mass is 455 g/mol. The fourth-order valence-electron chi connectivity index (χ4n) is 2.42. The van der Waals surface area contributed by atoms with Crippen LogP contribution in [0.15, 0.2) is 12.1 Å². The van der Waals surface area contributed by atoms with E-state index in [0.717, 1.165) is 9.09 Å². The second-order valence-electron chi connectivity index (χ2n) is 6.81. The third kappa shape index (κ3) is 4.75. The molecule has 0 aliphatic heterocycles. The number of carbonyl (C=O) groups is 1. The molecule has 0 saturated carbocycles. The van der Waals surface area contributed by atoms with Crippen LogP contribution in [0.25, 0.3) is 11.0 Å². The van der Waals surface area contributed by atoms with Gasteiger partial charge in [-0.05, 0) is 61.9 Å². The summed E-state index contributed by atoms with van der Waals surface area (Å²) in [7, 11) is 1.71. The molecule has 0 bridgehead atoms. The van der Waals surface area contributed by atoms with Crippen LogP contribution in [-0.2, 0) is 11.3 Å². The first-order valence-electron chi connectivity index (χ1n) is 7.92. The van der Waals surface area contributed by atoms with E-state index in [1.807, 2.05) is 31.4 Å². The maximum Gasteiger partial charge on any atom is 0.410 e. The molecule has 0 atom stereocenters. The van der Waals surface area contributed by atoms with Crippen molar-refractivity contribution in [2.24, 2.45) is 0 Å². The van der Waals surface area contributed by atoms with E-state index in [2.05, 4.69) is 33.6 Å². The number of ether oxygens (including phenoxy) is 1. The minimum atomic E-state index is -0.509. The van der Waals surface area contributed by atoms with E-state index in [1.165, 1.54) is 0 Å². The van der Waals surface area contributed by atoms with Gasteiger partial charge in [-0.15, -0.1) is 0 Å². The Kier molecular flexibility index (Phi) is 5.77. The molecule has 7 nitrogen and oxygen atoms in total. The molecule has 2 aromatic rings. The molecule has 0 unspecified atom stereocenters. The van der Waals surface area contributed by atoms with E-state index >= 15 is 0 Å². The second kappa shape index (κ2) is 7.47. The first kappa shape index (κ1) is 19.3. The van der Waals surface area contributed by atoms with Gasteiger partial charge in [0.05, 0.1) is 22.7 Å². The largest absolute Gasteiger partial charge is 0.444 e. The summed E-state index contributed by atoms with van der Waals surface area (Å²) in [6.45, 7) is 6.69. The maximum absolute atomic E-state index is 12.0. The molecule has 25 heavy (non-hydrogen) atoms. The van der Waals surface area contributed by atoms with Gasteiger partial charge in [0.1, 0.15) is 5.60 Å². The molecule has 2 N–H and O–H groups in total. The second-order valence-corrected chi connectivity index (χ2v) is 7.98. The third-order valence-electron chi connectivity index (χ3n) is 3.53. The van der Waals surface area contributed by atoms with E-state index in [0.29, 0.717) is 36.5 Å². The average molecular weight is 455 g/mol. The number of imidazole rings is 1. The number of nitrogen functional groups attached to an aromatic ring is 1. The third-order valence-corrected chi connectivity index (χ3v) is 4.36. The molecule has 1 amide bonds. The lowest BCUT2D eigenvalue weighted by Crippen LogP contribution is -2.35. The Balaban J connectivity index is 2.08. The minimum Gasteiger partial charge on any atom is -0.444 e. The van der Waals surface area contributed by atoms with Crippen LogP contribution >= 0.6 is 22.6 Å². The summed E-state index contributed by atoms with van der Waals surface area (Å²) < 4.78 is 8.18. The van der Waals surface area contributed by atoms with Gasteiger partial charge in [0.2, 0.25) is 5.95 Å². The zero-order valence-corrected chi connectivity index (χ0v) is 17.0. The molecule has 2 rings (SSSR count). The molecular weight excluding hydrogens is 433 g/mol. The molecule has 0 fully saturated rings. The van der Waals surface area contributed by atoms with E-state index in [1.54, 1.807) is 18.0 Å². The lowest BCUT2D eigenvalue weighted by molar-refractivity contribution is 0.0295. The Bertz CT molecular complexity index is 832. The van der Waals surface area contributed by atoms with E-state index in [9.17, 15) is 4.79 Å². The normalized spacial score (nSPS) is 11.4. The zero-order valence-electron chi connectivity index (χ0n) is 14.8. The van der Waals surface area contributed by atoms with Gasteiger partial charge >= 0.3 is 6.09 Å². The summed E-state index contributed by atoms with van der Waals surface area (Å²) in [4.78, 5) is 17.9. The van der Waals surface area contributed by atoms with Crippen molar-refractivity contribution in [1.29, 1.82) is 5.26 Å². The van der Waals surface area contributed by atoms with E-state index in [4.69, 9.17) is 15.7 Å². The van der Waals surface area contributed by atoms with Gasteiger partial charge in [-0.1, -0.05) is 0 Å². The SMILES string of the molecule is CN(CCCn1c(N)nc2cc(C#N)cc(I)c21)C(=O)OC(C)(C)C. The predicted octanol–water partition coefficient (Wildman–Crippen LogP) is 3.35. The van der Waals surface area contributed by atoms with Gasteiger partial charge in [0, 0.05) is 23.7 Å². The number of aromatic nitrogens is 2. The number of amides is 1. The number of nitrogens with zero attached hydrogens (tertiary/aromatic N) is 4. The topological polar surface area (TPSA) is 97.2 Å². The van der Waals surface area contributed by atoms with Gasteiger partial charge in [0.15, 0.2) is 0 Å². The lowest BCUT2D eigenvalue weighted by Gasteiger charge is -2.24. The first-order chi connectivity index (χ1) is 11.6.